The van der Waals surface area contributed by atoms with Gasteiger partial charge in [0.05, 0.1) is 23.3 Å². The lowest BCUT2D eigenvalue weighted by Crippen LogP contribution is -2.43. The first-order chi connectivity index (χ1) is 14.3. The van der Waals surface area contributed by atoms with Crippen molar-refractivity contribution in [2.45, 2.75) is 12.8 Å². The third-order valence-corrected chi connectivity index (χ3v) is 6.14. The second-order valence-electron chi connectivity index (χ2n) is 7.18. The first kappa shape index (κ1) is 18.1. The summed E-state index contributed by atoms with van der Waals surface area (Å²) in [5.74, 6) is -0.215. The molecule has 0 bridgehead atoms. The van der Waals surface area contributed by atoms with Crippen LogP contribution in [0.5, 0.6) is 0 Å². The van der Waals surface area contributed by atoms with E-state index < -0.39 is 0 Å². The minimum absolute atomic E-state index is 0.215. The lowest BCUT2D eigenvalue weighted by Gasteiger charge is -2.30. The molecule has 148 valence electrons. The maximum atomic E-state index is 12.8. The van der Waals surface area contributed by atoms with Crippen LogP contribution in [0.15, 0.2) is 36.0 Å². The second kappa shape index (κ2) is 7.81. The lowest BCUT2D eigenvalue weighted by molar-refractivity contribution is 0.102. The maximum Gasteiger partial charge on any atom is 0.275 e. The van der Waals surface area contributed by atoms with Crippen molar-refractivity contribution in [1.29, 1.82) is 0 Å². The van der Waals surface area contributed by atoms with Crippen molar-refractivity contribution in [3.05, 3.63) is 52.9 Å². The topological polar surface area (TPSA) is 85.9 Å². The van der Waals surface area contributed by atoms with E-state index in [1.807, 2.05) is 6.07 Å². The molecule has 5 rings (SSSR count). The van der Waals surface area contributed by atoms with Crippen molar-refractivity contribution in [1.82, 2.24) is 20.3 Å². The van der Waals surface area contributed by atoms with E-state index in [1.165, 1.54) is 22.6 Å². The van der Waals surface area contributed by atoms with Crippen LogP contribution >= 0.6 is 11.3 Å². The molecule has 1 amide bonds. The Morgan fingerprint density at radius 2 is 2.17 bits per heavy atom. The van der Waals surface area contributed by atoms with Crippen LogP contribution in [0.25, 0.3) is 16.8 Å². The van der Waals surface area contributed by atoms with Gasteiger partial charge < -0.3 is 20.5 Å². The largest absolute Gasteiger partial charge is 0.367 e. The van der Waals surface area contributed by atoms with Gasteiger partial charge in [0.25, 0.3) is 5.91 Å². The van der Waals surface area contributed by atoms with E-state index in [1.54, 1.807) is 17.8 Å². The number of H-pyrrole nitrogens is 1. The van der Waals surface area contributed by atoms with Crippen molar-refractivity contribution in [3.8, 4) is 10.7 Å². The van der Waals surface area contributed by atoms with Crippen LogP contribution in [0.3, 0.4) is 0 Å². The summed E-state index contributed by atoms with van der Waals surface area (Å²) in [6.07, 6.45) is 9.85. The summed E-state index contributed by atoms with van der Waals surface area (Å²) in [6, 6.07) is 4.06. The molecule has 3 N–H and O–H groups in total. The van der Waals surface area contributed by atoms with E-state index >= 15 is 0 Å². The monoisotopic (exact) mass is 406 g/mol. The molecular formula is C21H22N6OS. The quantitative estimate of drug-likeness (QED) is 0.620. The Morgan fingerprint density at radius 3 is 3.03 bits per heavy atom. The van der Waals surface area contributed by atoms with E-state index in [-0.39, 0.29) is 5.91 Å². The highest BCUT2D eigenvalue weighted by Crippen LogP contribution is 2.29. The predicted octanol–water partition coefficient (Wildman–Crippen LogP) is 3.15. The van der Waals surface area contributed by atoms with Gasteiger partial charge in [0, 0.05) is 43.4 Å². The highest BCUT2D eigenvalue weighted by molar-refractivity contribution is 7.13. The number of piperazine rings is 1. The summed E-state index contributed by atoms with van der Waals surface area (Å²) in [5, 5.41) is 8.98. The number of aromatic nitrogens is 3. The van der Waals surface area contributed by atoms with E-state index in [9.17, 15) is 4.79 Å². The molecule has 3 aromatic heterocycles. The highest BCUT2D eigenvalue weighted by Gasteiger charge is 2.19. The van der Waals surface area contributed by atoms with Gasteiger partial charge in [-0.2, -0.15) is 0 Å². The first-order valence-corrected chi connectivity index (χ1v) is 10.7. The van der Waals surface area contributed by atoms with Crippen molar-refractivity contribution in [2.75, 3.05) is 36.4 Å². The number of nitrogens with zero attached hydrogens (tertiary/aromatic N) is 3. The molecule has 7 nitrogen and oxygen atoms in total. The van der Waals surface area contributed by atoms with Crippen LogP contribution in [0.4, 0.5) is 11.4 Å². The maximum absolute atomic E-state index is 12.8. The summed E-state index contributed by atoms with van der Waals surface area (Å²) in [6.45, 7) is 3.67. The number of hydrogen-bond acceptors (Lipinski definition) is 6. The van der Waals surface area contributed by atoms with Gasteiger partial charge >= 0.3 is 0 Å². The fourth-order valence-electron chi connectivity index (χ4n) is 3.78. The van der Waals surface area contributed by atoms with Gasteiger partial charge in [0.1, 0.15) is 10.7 Å². The summed E-state index contributed by atoms with van der Waals surface area (Å²) in [4.78, 5) is 27.3. The Morgan fingerprint density at radius 1 is 1.28 bits per heavy atom. The van der Waals surface area contributed by atoms with Gasteiger partial charge in [-0.25, -0.2) is 4.98 Å². The molecule has 1 fully saturated rings. The molecule has 1 aliphatic heterocycles. The fraction of sp³-hybridized carbons (Fsp3) is 0.286. The zero-order valence-electron chi connectivity index (χ0n) is 15.9. The van der Waals surface area contributed by atoms with Crippen molar-refractivity contribution >= 4 is 34.7 Å². The Labute approximate surface area is 172 Å². The van der Waals surface area contributed by atoms with Crippen LogP contribution in [0, 0.1) is 0 Å². The Bertz CT molecular complexity index is 1060. The standard InChI is InChI=1S/C21H22N6OS/c28-20(25-17-12-23-6-5-19(17)27-9-7-22-8-10-27)18-13-29-21(26-18)16-11-14-3-1-2-4-15(14)24-16/h1,3,5-6,11-13,22,24H,2,4,7-10H2,(H,25,28). The molecule has 0 saturated carbocycles. The lowest BCUT2D eigenvalue weighted by atomic mass is 10.1. The molecule has 29 heavy (non-hydrogen) atoms. The van der Waals surface area contributed by atoms with E-state index in [2.05, 4.69) is 48.7 Å². The smallest absolute Gasteiger partial charge is 0.275 e. The zero-order valence-corrected chi connectivity index (χ0v) is 16.8. The molecule has 1 aliphatic carbocycles. The average molecular weight is 407 g/mol. The number of aryl methyl sites for hydroxylation is 1. The first-order valence-electron chi connectivity index (χ1n) is 9.83. The molecule has 2 aliphatic rings. The number of fused-ring (bicyclic) bond motifs is 1. The SMILES string of the molecule is O=C(Nc1cnccc1N1CCNCC1)c1csc(-c2cc3c([nH]2)CCC=C3)n1. The summed E-state index contributed by atoms with van der Waals surface area (Å²) >= 11 is 1.48. The minimum atomic E-state index is -0.215. The van der Waals surface area contributed by atoms with Crippen LogP contribution < -0.4 is 15.5 Å². The van der Waals surface area contributed by atoms with Gasteiger partial charge in [-0.1, -0.05) is 12.2 Å². The number of rotatable bonds is 4. The zero-order chi connectivity index (χ0) is 19.6. The second-order valence-corrected chi connectivity index (χ2v) is 8.04. The fourth-order valence-corrected chi connectivity index (χ4v) is 4.55. The van der Waals surface area contributed by atoms with E-state index in [4.69, 9.17) is 0 Å². The van der Waals surface area contributed by atoms with Crippen LogP contribution in [0.2, 0.25) is 0 Å². The van der Waals surface area contributed by atoms with E-state index in [0.29, 0.717) is 5.69 Å². The van der Waals surface area contributed by atoms with Gasteiger partial charge in [-0.05, 0) is 30.5 Å². The molecule has 4 heterocycles. The van der Waals surface area contributed by atoms with Crippen molar-refractivity contribution in [3.63, 3.8) is 0 Å². The average Bonchev–Trinajstić information content (AvgIpc) is 3.42. The third kappa shape index (κ3) is 3.68. The number of pyridine rings is 1. The van der Waals surface area contributed by atoms with Crippen molar-refractivity contribution < 1.29 is 4.79 Å². The minimum Gasteiger partial charge on any atom is -0.367 e. The highest BCUT2D eigenvalue weighted by atomic mass is 32.1. The van der Waals surface area contributed by atoms with Gasteiger partial charge in [-0.3, -0.25) is 9.78 Å². The normalized spacial score (nSPS) is 15.9. The molecule has 3 aromatic rings. The number of anilines is 2. The van der Waals surface area contributed by atoms with Gasteiger partial charge in [0.2, 0.25) is 0 Å². The number of carbonyl (C=O) groups is 1. The Kier molecular flexibility index (Phi) is 4.87. The number of thiazole rings is 1. The molecule has 8 heteroatoms. The van der Waals surface area contributed by atoms with Gasteiger partial charge in [-0.15, -0.1) is 11.3 Å². The molecular weight excluding hydrogens is 384 g/mol. The molecule has 0 atom stereocenters. The number of hydrogen-bond donors (Lipinski definition) is 3. The molecule has 0 radical (unpaired) electrons. The number of allylic oxidation sites excluding steroid dienone is 1. The van der Waals surface area contributed by atoms with Crippen LogP contribution in [0.1, 0.15) is 28.2 Å². The molecule has 0 unspecified atom stereocenters. The summed E-state index contributed by atoms with van der Waals surface area (Å²) in [5.41, 5.74) is 5.54. The molecule has 0 aromatic carbocycles. The Hall–Kier alpha value is -2.97. The van der Waals surface area contributed by atoms with Crippen molar-refractivity contribution in [2.24, 2.45) is 0 Å². The van der Waals surface area contributed by atoms with Crippen LogP contribution in [-0.4, -0.2) is 47.0 Å². The van der Waals surface area contributed by atoms with Crippen LogP contribution in [-0.2, 0) is 6.42 Å². The number of carbonyl (C=O) groups excluding carboxylic acids is 1. The van der Waals surface area contributed by atoms with E-state index in [0.717, 1.165) is 61.1 Å². The summed E-state index contributed by atoms with van der Waals surface area (Å²) in [7, 11) is 0. The number of aromatic amines is 1. The number of nitrogens with one attached hydrogen (secondary N) is 3. The molecule has 0 spiro atoms. The predicted molar refractivity (Wildman–Crippen MR) is 117 cm³/mol. The summed E-state index contributed by atoms with van der Waals surface area (Å²) < 4.78 is 0. The Balaban J connectivity index is 1.35. The third-order valence-electron chi connectivity index (χ3n) is 5.26. The van der Waals surface area contributed by atoms with Gasteiger partial charge in [0.15, 0.2) is 0 Å². The molecule has 1 saturated heterocycles. The number of amides is 1.